The van der Waals surface area contributed by atoms with Crippen LogP contribution in [0.2, 0.25) is 0 Å². The van der Waals surface area contributed by atoms with Gasteiger partial charge < -0.3 is 10.2 Å². The number of halogens is 1. The standard InChI is InChI=1S/C10H16IN3O/c11-10-14-13-9(15-10)8-3-1-2-7(6-12)4-5-8/h7-8H,1-6,12H2. The molecule has 0 spiro atoms. The van der Waals surface area contributed by atoms with Crippen molar-refractivity contribution < 1.29 is 4.42 Å². The average molecular weight is 321 g/mol. The second kappa shape index (κ2) is 5.25. The normalized spacial score (nSPS) is 27.6. The van der Waals surface area contributed by atoms with Crippen molar-refractivity contribution in [3.8, 4) is 0 Å². The van der Waals surface area contributed by atoms with Gasteiger partial charge in [-0.2, -0.15) is 0 Å². The molecule has 1 aromatic rings. The van der Waals surface area contributed by atoms with Crippen LogP contribution < -0.4 is 5.73 Å². The van der Waals surface area contributed by atoms with Crippen molar-refractivity contribution in [2.45, 2.75) is 38.0 Å². The quantitative estimate of drug-likeness (QED) is 0.670. The van der Waals surface area contributed by atoms with Gasteiger partial charge in [0.05, 0.1) is 0 Å². The Balaban J connectivity index is 1.99. The third-order valence-corrected chi connectivity index (χ3v) is 3.62. The fourth-order valence-corrected chi connectivity index (χ4v) is 2.58. The molecule has 1 saturated carbocycles. The van der Waals surface area contributed by atoms with Gasteiger partial charge in [0.25, 0.3) is 3.90 Å². The van der Waals surface area contributed by atoms with Crippen LogP contribution in [0.5, 0.6) is 0 Å². The second-order valence-electron chi connectivity index (χ2n) is 4.20. The van der Waals surface area contributed by atoms with Gasteiger partial charge in [-0.15, -0.1) is 10.2 Å². The van der Waals surface area contributed by atoms with Crippen molar-refractivity contribution in [2.24, 2.45) is 11.7 Å². The van der Waals surface area contributed by atoms with E-state index in [2.05, 4.69) is 32.8 Å². The molecule has 4 nitrogen and oxygen atoms in total. The van der Waals surface area contributed by atoms with Crippen LogP contribution in [0.4, 0.5) is 0 Å². The molecular weight excluding hydrogens is 305 g/mol. The van der Waals surface area contributed by atoms with E-state index in [9.17, 15) is 0 Å². The van der Waals surface area contributed by atoms with Gasteiger partial charge >= 0.3 is 0 Å². The molecule has 2 atom stereocenters. The summed E-state index contributed by atoms with van der Waals surface area (Å²) >= 11 is 2.06. The third-order valence-electron chi connectivity index (χ3n) is 3.19. The summed E-state index contributed by atoms with van der Waals surface area (Å²) in [7, 11) is 0. The summed E-state index contributed by atoms with van der Waals surface area (Å²) in [6, 6.07) is 0. The van der Waals surface area contributed by atoms with Gasteiger partial charge in [-0.3, -0.25) is 0 Å². The number of rotatable bonds is 2. The molecule has 0 bridgehead atoms. The highest BCUT2D eigenvalue weighted by Gasteiger charge is 2.23. The Morgan fingerprint density at radius 3 is 2.80 bits per heavy atom. The Hall–Kier alpha value is -0.170. The lowest BCUT2D eigenvalue weighted by atomic mass is 9.98. The molecule has 5 heteroatoms. The smallest absolute Gasteiger partial charge is 0.278 e. The molecule has 2 unspecified atom stereocenters. The number of hydrogen-bond donors (Lipinski definition) is 1. The summed E-state index contributed by atoms with van der Waals surface area (Å²) in [6.07, 6.45) is 5.97. The summed E-state index contributed by atoms with van der Waals surface area (Å²) in [5, 5.41) is 7.98. The van der Waals surface area contributed by atoms with E-state index in [1.165, 1.54) is 19.3 Å². The Labute approximate surface area is 103 Å². The van der Waals surface area contributed by atoms with Gasteiger partial charge in [0.15, 0.2) is 0 Å². The molecule has 1 aliphatic carbocycles. The monoisotopic (exact) mass is 321 g/mol. The minimum absolute atomic E-state index is 0.456. The van der Waals surface area contributed by atoms with Gasteiger partial charge in [-0.25, -0.2) is 0 Å². The van der Waals surface area contributed by atoms with Crippen molar-refractivity contribution in [1.29, 1.82) is 0 Å². The van der Waals surface area contributed by atoms with Crippen LogP contribution in [0.25, 0.3) is 0 Å². The first-order chi connectivity index (χ1) is 7.29. The van der Waals surface area contributed by atoms with Crippen molar-refractivity contribution in [3.63, 3.8) is 0 Å². The van der Waals surface area contributed by atoms with Gasteiger partial charge in [0.1, 0.15) is 0 Å². The molecule has 1 aromatic heterocycles. The molecule has 2 N–H and O–H groups in total. The first kappa shape index (κ1) is 11.3. The number of aromatic nitrogens is 2. The second-order valence-corrected chi connectivity index (χ2v) is 5.12. The summed E-state index contributed by atoms with van der Waals surface area (Å²) in [5.41, 5.74) is 5.71. The van der Waals surface area contributed by atoms with Crippen molar-refractivity contribution in [3.05, 3.63) is 9.79 Å². The predicted octanol–water partition coefficient (Wildman–Crippen LogP) is 2.30. The lowest BCUT2D eigenvalue weighted by Gasteiger charge is -2.10. The maximum absolute atomic E-state index is 5.71. The van der Waals surface area contributed by atoms with E-state index in [4.69, 9.17) is 10.2 Å². The van der Waals surface area contributed by atoms with Gasteiger partial charge in [0, 0.05) is 28.5 Å². The van der Waals surface area contributed by atoms with E-state index >= 15 is 0 Å². The topological polar surface area (TPSA) is 64.9 Å². The Morgan fingerprint density at radius 2 is 2.13 bits per heavy atom. The highest BCUT2D eigenvalue weighted by atomic mass is 127. The van der Waals surface area contributed by atoms with Crippen LogP contribution in [0.3, 0.4) is 0 Å². The van der Waals surface area contributed by atoms with Crippen LogP contribution in [0.15, 0.2) is 4.42 Å². The van der Waals surface area contributed by atoms with Crippen molar-refractivity contribution in [2.75, 3.05) is 6.54 Å². The largest absolute Gasteiger partial charge is 0.416 e. The first-order valence-electron chi connectivity index (χ1n) is 5.48. The molecule has 84 valence electrons. The van der Waals surface area contributed by atoms with E-state index in [1.807, 2.05) is 0 Å². The SMILES string of the molecule is NCC1CCCC(c2nnc(I)o2)CC1. The predicted molar refractivity (Wildman–Crippen MR) is 65.4 cm³/mol. The zero-order valence-electron chi connectivity index (χ0n) is 8.66. The fraction of sp³-hybridized carbons (Fsp3) is 0.800. The highest BCUT2D eigenvalue weighted by molar-refractivity contribution is 14.1. The van der Waals surface area contributed by atoms with E-state index < -0.39 is 0 Å². The zero-order valence-corrected chi connectivity index (χ0v) is 10.8. The van der Waals surface area contributed by atoms with E-state index in [1.54, 1.807) is 0 Å². The van der Waals surface area contributed by atoms with E-state index in [-0.39, 0.29) is 0 Å². The molecule has 0 aromatic carbocycles. The fourth-order valence-electron chi connectivity index (χ4n) is 2.24. The van der Waals surface area contributed by atoms with Crippen LogP contribution >= 0.6 is 22.6 Å². The molecule has 1 aliphatic rings. The molecule has 0 amide bonds. The third kappa shape index (κ3) is 2.90. The van der Waals surface area contributed by atoms with Crippen molar-refractivity contribution in [1.82, 2.24) is 10.2 Å². The maximum atomic E-state index is 5.71. The first-order valence-corrected chi connectivity index (χ1v) is 6.56. The van der Waals surface area contributed by atoms with Gasteiger partial charge in [-0.05, 0) is 38.1 Å². The zero-order chi connectivity index (χ0) is 10.7. The lowest BCUT2D eigenvalue weighted by Crippen LogP contribution is -2.13. The molecule has 2 rings (SSSR count). The molecule has 0 aliphatic heterocycles. The molecule has 1 fully saturated rings. The summed E-state index contributed by atoms with van der Waals surface area (Å²) in [5.74, 6) is 1.96. The summed E-state index contributed by atoms with van der Waals surface area (Å²) < 4.78 is 6.12. The molecular formula is C10H16IN3O. The Bertz CT molecular complexity index is 315. The number of nitrogens with zero attached hydrogens (tertiary/aromatic N) is 2. The highest BCUT2D eigenvalue weighted by Crippen LogP contribution is 2.33. The summed E-state index contributed by atoms with van der Waals surface area (Å²) in [6.45, 7) is 0.814. The van der Waals surface area contributed by atoms with E-state index in [0.717, 1.165) is 25.3 Å². The van der Waals surface area contributed by atoms with Crippen molar-refractivity contribution >= 4 is 22.6 Å². The molecule has 0 radical (unpaired) electrons. The number of nitrogens with two attached hydrogens (primary N) is 1. The van der Waals surface area contributed by atoms with Crippen LogP contribution in [-0.2, 0) is 0 Å². The van der Waals surface area contributed by atoms with Crippen LogP contribution in [-0.4, -0.2) is 16.7 Å². The molecule has 15 heavy (non-hydrogen) atoms. The average Bonchev–Trinajstić information content (AvgIpc) is 2.54. The Kier molecular flexibility index (Phi) is 3.96. The minimum atomic E-state index is 0.456. The Morgan fingerprint density at radius 1 is 1.27 bits per heavy atom. The maximum Gasteiger partial charge on any atom is 0.278 e. The molecule has 0 saturated heterocycles. The minimum Gasteiger partial charge on any atom is -0.416 e. The molecule has 1 heterocycles. The van der Waals surface area contributed by atoms with Crippen LogP contribution in [0.1, 0.15) is 43.9 Å². The lowest BCUT2D eigenvalue weighted by molar-refractivity contribution is 0.399. The summed E-state index contributed by atoms with van der Waals surface area (Å²) in [4.78, 5) is 0. The van der Waals surface area contributed by atoms with Crippen LogP contribution in [0, 0.1) is 9.82 Å². The van der Waals surface area contributed by atoms with E-state index in [0.29, 0.717) is 15.7 Å². The van der Waals surface area contributed by atoms with Gasteiger partial charge in [-0.1, -0.05) is 6.42 Å². The number of hydrogen-bond acceptors (Lipinski definition) is 4. The van der Waals surface area contributed by atoms with Gasteiger partial charge in [0.2, 0.25) is 5.89 Å².